The molecule has 0 bridgehead atoms. The number of benzene rings is 1. The summed E-state index contributed by atoms with van der Waals surface area (Å²) < 4.78 is 0. The highest BCUT2D eigenvalue weighted by molar-refractivity contribution is 7.09. The van der Waals surface area contributed by atoms with Crippen molar-refractivity contribution in [2.75, 3.05) is 5.32 Å². The second-order valence-electron chi connectivity index (χ2n) is 5.36. The van der Waals surface area contributed by atoms with Crippen molar-refractivity contribution in [1.29, 1.82) is 5.26 Å². The van der Waals surface area contributed by atoms with E-state index in [1.54, 1.807) is 24.3 Å². The Labute approximate surface area is 133 Å². The minimum Gasteiger partial charge on any atom is -0.326 e. The van der Waals surface area contributed by atoms with Crippen molar-refractivity contribution >= 4 is 22.9 Å². The van der Waals surface area contributed by atoms with Crippen molar-refractivity contribution in [1.82, 2.24) is 4.98 Å². The average molecular weight is 314 g/mol. The Balaban J connectivity index is 1.99. The summed E-state index contributed by atoms with van der Waals surface area (Å²) in [4.78, 5) is 16.5. The maximum atomic E-state index is 12.0. The van der Waals surface area contributed by atoms with E-state index in [2.05, 4.69) is 10.3 Å². The first-order valence-corrected chi connectivity index (χ1v) is 7.87. The summed E-state index contributed by atoms with van der Waals surface area (Å²) in [6, 6.07) is 8.75. The largest absolute Gasteiger partial charge is 0.326 e. The zero-order chi connectivity index (χ0) is 16.1. The standard InChI is InChI=1S/C16H18N4OS/c1-10(2)15(18)16-20-13(9-22-16)7-14(21)19-12-5-3-4-11(6-12)8-17/h3-6,9-10,15H,7,18H2,1-2H3,(H,19,21). The Morgan fingerprint density at radius 3 is 2.95 bits per heavy atom. The van der Waals surface area contributed by atoms with E-state index in [1.807, 2.05) is 25.3 Å². The number of nitrogens with one attached hydrogen (secondary N) is 1. The van der Waals surface area contributed by atoms with Gasteiger partial charge in [0.2, 0.25) is 5.91 Å². The van der Waals surface area contributed by atoms with Crippen LogP contribution in [-0.4, -0.2) is 10.9 Å². The number of anilines is 1. The highest BCUT2D eigenvalue weighted by Gasteiger charge is 2.15. The number of nitrogens with two attached hydrogens (primary N) is 1. The maximum Gasteiger partial charge on any atom is 0.230 e. The molecule has 1 atom stereocenters. The molecule has 0 spiro atoms. The van der Waals surface area contributed by atoms with E-state index in [1.165, 1.54) is 11.3 Å². The number of hydrogen-bond acceptors (Lipinski definition) is 5. The van der Waals surface area contributed by atoms with Gasteiger partial charge in [0, 0.05) is 11.1 Å². The van der Waals surface area contributed by atoms with Crippen molar-refractivity contribution in [2.45, 2.75) is 26.3 Å². The summed E-state index contributed by atoms with van der Waals surface area (Å²) in [6.07, 6.45) is 0.193. The second kappa shape index (κ2) is 7.16. The van der Waals surface area contributed by atoms with Gasteiger partial charge in [-0.15, -0.1) is 11.3 Å². The van der Waals surface area contributed by atoms with E-state index < -0.39 is 0 Å². The van der Waals surface area contributed by atoms with Gasteiger partial charge in [-0.05, 0) is 24.1 Å². The molecule has 5 nitrogen and oxygen atoms in total. The monoisotopic (exact) mass is 314 g/mol. The summed E-state index contributed by atoms with van der Waals surface area (Å²) in [7, 11) is 0. The Morgan fingerprint density at radius 2 is 2.27 bits per heavy atom. The summed E-state index contributed by atoms with van der Waals surface area (Å²) in [5.41, 5.74) is 7.89. The Hall–Kier alpha value is -2.23. The molecular formula is C16H18N4OS. The summed E-state index contributed by atoms with van der Waals surface area (Å²) in [5.74, 6) is 0.145. The van der Waals surface area contributed by atoms with Gasteiger partial charge in [-0.25, -0.2) is 4.98 Å². The van der Waals surface area contributed by atoms with E-state index in [4.69, 9.17) is 11.0 Å². The SMILES string of the molecule is CC(C)C(N)c1nc(CC(=O)Nc2cccc(C#N)c2)cs1. The van der Waals surface area contributed by atoms with E-state index in [-0.39, 0.29) is 18.4 Å². The predicted molar refractivity (Wildman–Crippen MR) is 87.4 cm³/mol. The molecule has 22 heavy (non-hydrogen) atoms. The predicted octanol–water partition coefficient (Wildman–Crippen LogP) is 2.85. The highest BCUT2D eigenvalue weighted by atomic mass is 32.1. The minimum absolute atomic E-state index is 0.103. The van der Waals surface area contributed by atoms with Crippen LogP contribution in [0.4, 0.5) is 5.69 Å². The number of rotatable bonds is 5. The molecule has 1 amide bonds. The molecule has 1 heterocycles. The molecule has 0 saturated carbocycles. The first-order valence-electron chi connectivity index (χ1n) is 6.99. The molecule has 0 radical (unpaired) electrons. The normalized spacial score (nSPS) is 12.0. The van der Waals surface area contributed by atoms with Crippen LogP contribution in [0.2, 0.25) is 0 Å². The molecule has 0 saturated heterocycles. The molecule has 2 aromatic rings. The molecule has 2 rings (SSSR count). The van der Waals surface area contributed by atoms with E-state index in [0.29, 0.717) is 22.9 Å². The third-order valence-corrected chi connectivity index (χ3v) is 4.18. The molecule has 0 fully saturated rings. The summed E-state index contributed by atoms with van der Waals surface area (Å²) in [6.45, 7) is 4.08. The molecule has 1 aromatic heterocycles. The average Bonchev–Trinajstić information content (AvgIpc) is 2.94. The summed E-state index contributed by atoms with van der Waals surface area (Å²) in [5, 5.41) is 14.3. The molecule has 0 aliphatic heterocycles. The summed E-state index contributed by atoms with van der Waals surface area (Å²) >= 11 is 1.48. The number of carbonyl (C=O) groups is 1. The van der Waals surface area contributed by atoms with Gasteiger partial charge in [-0.3, -0.25) is 4.79 Å². The van der Waals surface area contributed by atoms with Crippen LogP contribution in [0.3, 0.4) is 0 Å². The van der Waals surface area contributed by atoms with Gasteiger partial charge < -0.3 is 11.1 Å². The molecule has 0 aliphatic rings. The van der Waals surface area contributed by atoms with Crippen LogP contribution in [-0.2, 0) is 11.2 Å². The third kappa shape index (κ3) is 4.13. The van der Waals surface area contributed by atoms with Gasteiger partial charge in [-0.2, -0.15) is 5.26 Å². The third-order valence-electron chi connectivity index (χ3n) is 3.19. The lowest BCUT2D eigenvalue weighted by Crippen LogP contribution is -2.17. The smallest absolute Gasteiger partial charge is 0.230 e. The molecule has 6 heteroatoms. The second-order valence-corrected chi connectivity index (χ2v) is 6.25. The van der Waals surface area contributed by atoms with Crippen LogP contribution in [0.1, 0.15) is 36.2 Å². The minimum atomic E-state index is -0.162. The molecule has 3 N–H and O–H groups in total. The van der Waals surface area contributed by atoms with Crippen LogP contribution in [0.5, 0.6) is 0 Å². The van der Waals surface area contributed by atoms with E-state index in [9.17, 15) is 4.79 Å². The Bertz CT molecular complexity index is 702. The van der Waals surface area contributed by atoms with Crippen LogP contribution in [0, 0.1) is 17.2 Å². The van der Waals surface area contributed by atoms with Crippen LogP contribution >= 0.6 is 11.3 Å². The molecule has 114 valence electrons. The number of hydrogen-bond donors (Lipinski definition) is 2. The first-order chi connectivity index (χ1) is 10.5. The lowest BCUT2D eigenvalue weighted by atomic mass is 10.1. The lowest BCUT2D eigenvalue weighted by Gasteiger charge is -2.11. The quantitative estimate of drug-likeness (QED) is 0.887. The van der Waals surface area contributed by atoms with Crippen molar-refractivity contribution < 1.29 is 4.79 Å². The zero-order valence-electron chi connectivity index (χ0n) is 12.5. The van der Waals surface area contributed by atoms with Gasteiger partial charge in [0.15, 0.2) is 0 Å². The van der Waals surface area contributed by atoms with Crippen LogP contribution in [0.15, 0.2) is 29.6 Å². The number of aromatic nitrogens is 1. The van der Waals surface area contributed by atoms with Crippen molar-refractivity contribution in [3.05, 3.63) is 45.9 Å². The maximum absolute atomic E-state index is 12.0. The Morgan fingerprint density at radius 1 is 1.50 bits per heavy atom. The lowest BCUT2D eigenvalue weighted by molar-refractivity contribution is -0.115. The highest BCUT2D eigenvalue weighted by Crippen LogP contribution is 2.22. The van der Waals surface area contributed by atoms with Crippen molar-refractivity contribution in [3.63, 3.8) is 0 Å². The molecule has 1 aromatic carbocycles. The number of nitrogens with zero attached hydrogens (tertiary/aromatic N) is 2. The van der Waals surface area contributed by atoms with Crippen LogP contribution < -0.4 is 11.1 Å². The molecule has 1 unspecified atom stereocenters. The number of nitriles is 1. The van der Waals surface area contributed by atoms with Crippen LogP contribution in [0.25, 0.3) is 0 Å². The fourth-order valence-electron chi connectivity index (χ4n) is 1.88. The molecular weight excluding hydrogens is 296 g/mol. The van der Waals surface area contributed by atoms with Gasteiger partial charge in [-0.1, -0.05) is 19.9 Å². The number of thiazole rings is 1. The fraction of sp³-hybridized carbons (Fsp3) is 0.312. The zero-order valence-corrected chi connectivity index (χ0v) is 13.4. The topological polar surface area (TPSA) is 91.8 Å². The first kappa shape index (κ1) is 16.1. The Kier molecular flexibility index (Phi) is 5.26. The van der Waals surface area contributed by atoms with E-state index >= 15 is 0 Å². The van der Waals surface area contributed by atoms with Crippen molar-refractivity contribution in [3.8, 4) is 6.07 Å². The number of carbonyl (C=O) groups excluding carboxylic acids is 1. The van der Waals surface area contributed by atoms with Gasteiger partial charge >= 0.3 is 0 Å². The molecule has 0 aliphatic carbocycles. The number of amides is 1. The van der Waals surface area contributed by atoms with Gasteiger partial charge in [0.05, 0.1) is 29.8 Å². The van der Waals surface area contributed by atoms with Gasteiger partial charge in [0.1, 0.15) is 5.01 Å². The fourth-order valence-corrected chi connectivity index (χ4v) is 2.87. The van der Waals surface area contributed by atoms with Crippen molar-refractivity contribution in [2.24, 2.45) is 11.7 Å². The van der Waals surface area contributed by atoms with Gasteiger partial charge in [0.25, 0.3) is 0 Å². The van der Waals surface area contributed by atoms with E-state index in [0.717, 1.165) is 5.01 Å².